The Balaban J connectivity index is 1.49. The Morgan fingerprint density at radius 3 is 2.67 bits per heavy atom. The zero-order valence-corrected chi connectivity index (χ0v) is 14.4. The standard InChI is InChI=1S/C20H25N3O/c1-14-4-3-5-17(12-14)18-8-11-23(13-18)20(24)21-19-15(2)22-9-6-16(19)7-10-22/h3-5,8,11-13,15-16,19H,6-7,9-10H2,1-2H3,(H,21,24)/t15-,19+/m1/s1. The first kappa shape index (κ1) is 15.5. The number of nitrogens with zero attached hydrogens (tertiary/aromatic N) is 2. The molecule has 0 unspecified atom stereocenters. The third-order valence-electron chi connectivity index (χ3n) is 5.75. The lowest BCUT2D eigenvalue weighted by atomic mass is 9.79. The number of nitrogens with one attached hydrogen (secondary N) is 1. The van der Waals surface area contributed by atoms with Crippen LogP contribution in [0.2, 0.25) is 0 Å². The van der Waals surface area contributed by atoms with Crippen LogP contribution in [-0.4, -0.2) is 40.7 Å². The molecule has 3 fully saturated rings. The van der Waals surface area contributed by atoms with Crippen LogP contribution in [0.3, 0.4) is 0 Å². The highest BCUT2D eigenvalue weighted by atomic mass is 16.2. The molecule has 0 spiro atoms. The highest BCUT2D eigenvalue weighted by Gasteiger charge is 2.40. The Labute approximate surface area is 143 Å². The summed E-state index contributed by atoms with van der Waals surface area (Å²) < 4.78 is 1.68. The van der Waals surface area contributed by atoms with Gasteiger partial charge in [0.1, 0.15) is 0 Å². The number of hydrogen-bond acceptors (Lipinski definition) is 2. The van der Waals surface area contributed by atoms with E-state index >= 15 is 0 Å². The molecule has 2 bridgehead atoms. The molecule has 2 aromatic rings. The molecule has 3 aliphatic rings. The summed E-state index contributed by atoms with van der Waals surface area (Å²) in [5.41, 5.74) is 3.46. The fraction of sp³-hybridized carbons (Fsp3) is 0.450. The van der Waals surface area contributed by atoms with E-state index in [1.165, 1.54) is 31.5 Å². The van der Waals surface area contributed by atoms with Gasteiger partial charge in [0.25, 0.3) is 0 Å². The molecule has 1 aromatic carbocycles. The molecule has 0 aliphatic carbocycles. The number of piperidine rings is 3. The number of benzene rings is 1. The average molecular weight is 323 g/mol. The molecule has 3 saturated heterocycles. The normalized spacial score (nSPS) is 28.8. The van der Waals surface area contributed by atoms with E-state index in [-0.39, 0.29) is 12.1 Å². The maximum absolute atomic E-state index is 12.7. The van der Waals surface area contributed by atoms with Gasteiger partial charge in [-0.05, 0) is 62.9 Å². The number of amides is 1. The zero-order valence-electron chi connectivity index (χ0n) is 14.4. The molecule has 4 heteroatoms. The van der Waals surface area contributed by atoms with E-state index in [1.807, 2.05) is 18.5 Å². The molecular weight excluding hydrogens is 298 g/mol. The Bertz CT molecular complexity index is 741. The van der Waals surface area contributed by atoms with Gasteiger partial charge in [-0.3, -0.25) is 9.47 Å². The number of carbonyl (C=O) groups is 1. The van der Waals surface area contributed by atoms with Crippen LogP contribution in [0, 0.1) is 12.8 Å². The van der Waals surface area contributed by atoms with Gasteiger partial charge >= 0.3 is 6.03 Å². The van der Waals surface area contributed by atoms with Crippen molar-refractivity contribution in [3.05, 3.63) is 48.3 Å². The number of fused-ring (bicyclic) bond motifs is 3. The maximum Gasteiger partial charge on any atom is 0.325 e. The molecule has 24 heavy (non-hydrogen) atoms. The van der Waals surface area contributed by atoms with E-state index in [4.69, 9.17) is 0 Å². The van der Waals surface area contributed by atoms with Crippen molar-refractivity contribution in [3.63, 3.8) is 0 Å². The Kier molecular flexibility index (Phi) is 3.93. The second-order valence-electron chi connectivity index (χ2n) is 7.27. The highest BCUT2D eigenvalue weighted by Crippen LogP contribution is 2.32. The van der Waals surface area contributed by atoms with Crippen LogP contribution in [0.1, 0.15) is 25.3 Å². The van der Waals surface area contributed by atoms with Gasteiger partial charge in [-0.25, -0.2) is 4.79 Å². The van der Waals surface area contributed by atoms with Gasteiger partial charge in [0.05, 0.1) is 0 Å². The fourth-order valence-corrected chi connectivity index (χ4v) is 4.28. The number of carbonyl (C=O) groups excluding carboxylic acids is 1. The Morgan fingerprint density at radius 1 is 1.17 bits per heavy atom. The summed E-state index contributed by atoms with van der Waals surface area (Å²) in [6, 6.07) is 11.1. The number of hydrogen-bond donors (Lipinski definition) is 1. The zero-order chi connectivity index (χ0) is 16.7. The van der Waals surface area contributed by atoms with E-state index in [1.54, 1.807) is 4.57 Å². The van der Waals surface area contributed by atoms with E-state index in [0.29, 0.717) is 12.0 Å². The highest BCUT2D eigenvalue weighted by molar-refractivity contribution is 5.79. The summed E-state index contributed by atoms with van der Waals surface area (Å²) >= 11 is 0. The summed E-state index contributed by atoms with van der Waals surface area (Å²) in [6.45, 7) is 6.69. The smallest absolute Gasteiger partial charge is 0.325 e. The second kappa shape index (κ2) is 6.10. The minimum Gasteiger partial charge on any atom is -0.333 e. The summed E-state index contributed by atoms with van der Waals surface area (Å²) in [7, 11) is 0. The molecule has 4 nitrogen and oxygen atoms in total. The quantitative estimate of drug-likeness (QED) is 0.918. The third-order valence-corrected chi connectivity index (χ3v) is 5.75. The van der Waals surface area contributed by atoms with Crippen molar-refractivity contribution in [3.8, 4) is 11.1 Å². The molecule has 2 atom stereocenters. The van der Waals surface area contributed by atoms with Crippen molar-refractivity contribution in [2.75, 3.05) is 13.1 Å². The Hall–Kier alpha value is -2.07. The molecule has 1 N–H and O–H groups in total. The molecular formula is C20H25N3O. The van der Waals surface area contributed by atoms with Crippen LogP contribution >= 0.6 is 0 Å². The SMILES string of the molecule is Cc1cccc(-c2ccn(C(=O)N[C@@H]3C4CCN(CC4)[C@@H]3C)c2)c1. The van der Waals surface area contributed by atoms with Gasteiger partial charge in [0.2, 0.25) is 0 Å². The van der Waals surface area contributed by atoms with E-state index in [9.17, 15) is 4.79 Å². The van der Waals surface area contributed by atoms with Crippen molar-refractivity contribution in [1.82, 2.24) is 14.8 Å². The first-order valence-corrected chi connectivity index (χ1v) is 8.92. The lowest BCUT2D eigenvalue weighted by Gasteiger charge is -2.49. The van der Waals surface area contributed by atoms with Gasteiger partial charge in [0, 0.05) is 24.5 Å². The number of rotatable bonds is 2. The van der Waals surface area contributed by atoms with Gasteiger partial charge in [0.15, 0.2) is 0 Å². The molecule has 126 valence electrons. The van der Waals surface area contributed by atoms with Crippen molar-refractivity contribution >= 4 is 6.03 Å². The predicted molar refractivity (Wildman–Crippen MR) is 96.1 cm³/mol. The van der Waals surface area contributed by atoms with Crippen molar-refractivity contribution in [2.45, 2.75) is 38.8 Å². The van der Waals surface area contributed by atoms with Gasteiger partial charge in [-0.2, -0.15) is 0 Å². The number of aromatic nitrogens is 1. The minimum atomic E-state index is -0.0143. The second-order valence-corrected chi connectivity index (χ2v) is 7.27. The van der Waals surface area contributed by atoms with Crippen LogP contribution in [0.4, 0.5) is 4.79 Å². The van der Waals surface area contributed by atoms with Crippen LogP contribution in [0.15, 0.2) is 42.7 Å². The lowest BCUT2D eigenvalue weighted by Crippen LogP contribution is -2.62. The molecule has 4 heterocycles. The number of aryl methyl sites for hydroxylation is 1. The van der Waals surface area contributed by atoms with Gasteiger partial charge in [-0.15, -0.1) is 0 Å². The summed E-state index contributed by atoms with van der Waals surface area (Å²) in [4.78, 5) is 15.2. The molecule has 3 aliphatic heterocycles. The topological polar surface area (TPSA) is 37.3 Å². The van der Waals surface area contributed by atoms with Crippen LogP contribution in [0.5, 0.6) is 0 Å². The van der Waals surface area contributed by atoms with Crippen LogP contribution < -0.4 is 5.32 Å². The largest absolute Gasteiger partial charge is 0.333 e. The summed E-state index contributed by atoms with van der Waals surface area (Å²) in [5, 5.41) is 3.27. The molecule has 0 saturated carbocycles. The molecule has 1 amide bonds. The minimum absolute atomic E-state index is 0.0143. The van der Waals surface area contributed by atoms with Crippen molar-refractivity contribution in [1.29, 1.82) is 0 Å². The summed E-state index contributed by atoms with van der Waals surface area (Å²) in [6.07, 6.45) is 6.19. The molecule has 5 rings (SSSR count). The van der Waals surface area contributed by atoms with E-state index < -0.39 is 0 Å². The molecule has 0 radical (unpaired) electrons. The van der Waals surface area contributed by atoms with Gasteiger partial charge in [-0.1, -0.05) is 29.8 Å². The summed E-state index contributed by atoms with van der Waals surface area (Å²) in [5.74, 6) is 0.626. The van der Waals surface area contributed by atoms with E-state index in [0.717, 1.165) is 11.1 Å². The molecule has 1 aromatic heterocycles. The van der Waals surface area contributed by atoms with Crippen LogP contribution in [0.25, 0.3) is 11.1 Å². The Morgan fingerprint density at radius 2 is 1.96 bits per heavy atom. The van der Waals surface area contributed by atoms with Gasteiger partial charge < -0.3 is 5.32 Å². The lowest BCUT2D eigenvalue weighted by molar-refractivity contribution is 0.0267. The van der Waals surface area contributed by atoms with E-state index in [2.05, 4.69) is 48.3 Å². The fourth-order valence-electron chi connectivity index (χ4n) is 4.28. The first-order valence-electron chi connectivity index (χ1n) is 8.92. The maximum atomic E-state index is 12.7. The van der Waals surface area contributed by atoms with Crippen LogP contribution in [-0.2, 0) is 0 Å². The van der Waals surface area contributed by atoms with Crippen molar-refractivity contribution < 1.29 is 4.79 Å². The first-order chi connectivity index (χ1) is 11.6. The predicted octanol–water partition coefficient (Wildman–Crippen LogP) is 3.50. The van der Waals surface area contributed by atoms with Crippen molar-refractivity contribution in [2.24, 2.45) is 5.92 Å². The average Bonchev–Trinajstić information content (AvgIpc) is 3.09. The monoisotopic (exact) mass is 323 g/mol. The third kappa shape index (κ3) is 2.75.